The summed E-state index contributed by atoms with van der Waals surface area (Å²) in [6.07, 6.45) is 7.56. The third-order valence-electron chi connectivity index (χ3n) is 4.60. The lowest BCUT2D eigenvalue weighted by atomic mass is 10.1. The lowest BCUT2D eigenvalue weighted by Gasteiger charge is -2.18. The zero-order valence-corrected chi connectivity index (χ0v) is 15.4. The van der Waals surface area contributed by atoms with E-state index in [1.165, 1.54) is 45.6 Å². The van der Waals surface area contributed by atoms with Gasteiger partial charge >= 0.3 is 5.97 Å². The minimum Gasteiger partial charge on any atom is -0.465 e. The number of carbonyl (C=O) groups is 1. The molecule has 1 aliphatic carbocycles. The first-order valence-electron chi connectivity index (χ1n) is 9.21. The average molecular weight is 354 g/mol. The molecule has 26 heavy (non-hydrogen) atoms. The Balaban J connectivity index is 1.74. The lowest BCUT2D eigenvalue weighted by Crippen LogP contribution is -2.19. The summed E-state index contributed by atoms with van der Waals surface area (Å²) < 4.78 is 4.77. The maximum Gasteiger partial charge on any atom is 0.337 e. The number of carbonyl (C=O) groups excluding carboxylic acids is 1. The molecule has 0 aliphatic heterocycles. The van der Waals surface area contributed by atoms with Gasteiger partial charge in [0.1, 0.15) is 5.82 Å². The van der Waals surface area contributed by atoms with Gasteiger partial charge in [-0.15, -0.1) is 0 Å². The molecule has 0 unspecified atom stereocenters. The van der Waals surface area contributed by atoms with Crippen LogP contribution in [0.2, 0.25) is 0 Å². The zero-order chi connectivity index (χ0) is 18.4. The van der Waals surface area contributed by atoms with Crippen molar-refractivity contribution in [3.63, 3.8) is 0 Å². The van der Waals surface area contributed by atoms with Crippen molar-refractivity contribution in [1.82, 2.24) is 9.97 Å². The molecule has 0 atom stereocenters. The van der Waals surface area contributed by atoms with Crippen LogP contribution in [0.1, 0.15) is 54.6 Å². The number of methoxy groups -OCH3 is 1. The third-order valence-corrected chi connectivity index (χ3v) is 4.60. The number of nitrogens with zero attached hydrogens (tertiary/aromatic N) is 2. The van der Waals surface area contributed by atoms with Gasteiger partial charge in [0.25, 0.3) is 0 Å². The summed E-state index contributed by atoms with van der Waals surface area (Å²) in [5, 5.41) is 6.75. The molecule has 1 fully saturated rings. The largest absolute Gasteiger partial charge is 0.465 e. The number of nitrogens with one attached hydrogen (secondary N) is 2. The summed E-state index contributed by atoms with van der Waals surface area (Å²) in [6, 6.07) is 9.57. The molecule has 2 aromatic rings. The second kappa shape index (κ2) is 8.65. The van der Waals surface area contributed by atoms with Gasteiger partial charge in [-0.1, -0.05) is 31.7 Å². The molecule has 0 amide bonds. The normalized spacial score (nSPS) is 15.2. The van der Waals surface area contributed by atoms with Crippen LogP contribution in [0, 0.1) is 6.92 Å². The van der Waals surface area contributed by atoms with Gasteiger partial charge < -0.3 is 15.4 Å². The van der Waals surface area contributed by atoms with Crippen LogP contribution in [0.15, 0.2) is 30.3 Å². The Bertz CT molecular complexity index is 755. The molecule has 1 aliphatic rings. The van der Waals surface area contributed by atoms with E-state index in [4.69, 9.17) is 4.74 Å². The van der Waals surface area contributed by atoms with Crippen molar-refractivity contribution in [2.75, 3.05) is 17.7 Å². The van der Waals surface area contributed by atoms with Crippen molar-refractivity contribution in [3.05, 3.63) is 41.6 Å². The van der Waals surface area contributed by atoms with Crippen LogP contribution < -0.4 is 10.6 Å². The minimum absolute atomic E-state index is 0.366. The van der Waals surface area contributed by atoms with Crippen molar-refractivity contribution in [3.8, 4) is 0 Å². The van der Waals surface area contributed by atoms with Crippen molar-refractivity contribution >= 4 is 23.4 Å². The Labute approximate surface area is 154 Å². The monoisotopic (exact) mass is 354 g/mol. The number of hydrogen-bond donors (Lipinski definition) is 2. The molecule has 1 heterocycles. The van der Waals surface area contributed by atoms with E-state index in [0.717, 1.165) is 17.2 Å². The highest BCUT2D eigenvalue weighted by molar-refractivity contribution is 5.90. The van der Waals surface area contributed by atoms with E-state index < -0.39 is 0 Å². The molecule has 6 nitrogen and oxygen atoms in total. The van der Waals surface area contributed by atoms with Crippen LogP contribution in [0.3, 0.4) is 0 Å². The van der Waals surface area contributed by atoms with Crippen LogP contribution in [0.25, 0.3) is 0 Å². The Hall–Kier alpha value is -2.63. The van der Waals surface area contributed by atoms with E-state index >= 15 is 0 Å². The summed E-state index contributed by atoms with van der Waals surface area (Å²) in [7, 11) is 1.37. The van der Waals surface area contributed by atoms with Gasteiger partial charge in [-0.3, -0.25) is 0 Å². The van der Waals surface area contributed by atoms with Crippen molar-refractivity contribution in [1.29, 1.82) is 0 Å². The Morgan fingerprint density at radius 1 is 1.12 bits per heavy atom. The summed E-state index contributed by atoms with van der Waals surface area (Å²) in [6.45, 7) is 1.95. The summed E-state index contributed by atoms with van der Waals surface area (Å²) >= 11 is 0. The highest BCUT2D eigenvalue weighted by Crippen LogP contribution is 2.22. The predicted molar refractivity (Wildman–Crippen MR) is 103 cm³/mol. The van der Waals surface area contributed by atoms with E-state index in [1.807, 2.05) is 19.1 Å². The number of anilines is 3. The average Bonchev–Trinajstić information content (AvgIpc) is 2.89. The van der Waals surface area contributed by atoms with Crippen molar-refractivity contribution in [2.24, 2.45) is 0 Å². The fourth-order valence-electron chi connectivity index (χ4n) is 3.30. The number of rotatable bonds is 5. The first kappa shape index (κ1) is 18.2. The molecule has 2 N–H and O–H groups in total. The van der Waals surface area contributed by atoms with Crippen LogP contribution >= 0.6 is 0 Å². The van der Waals surface area contributed by atoms with Gasteiger partial charge in [0.15, 0.2) is 0 Å². The second-order valence-electron chi connectivity index (χ2n) is 6.75. The third kappa shape index (κ3) is 4.94. The summed E-state index contributed by atoms with van der Waals surface area (Å²) in [5.41, 5.74) is 2.13. The van der Waals surface area contributed by atoms with Crippen molar-refractivity contribution < 1.29 is 9.53 Å². The highest BCUT2D eigenvalue weighted by atomic mass is 16.5. The zero-order valence-electron chi connectivity index (χ0n) is 15.4. The van der Waals surface area contributed by atoms with Gasteiger partial charge in [0.05, 0.1) is 12.7 Å². The van der Waals surface area contributed by atoms with Gasteiger partial charge in [-0.25, -0.2) is 9.78 Å². The van der Waals surface area contributed by atoms with E-state index in [2.05, 4.69) is 20.6 Å². The number of hydrogen-bond acceptors (Lipinski definition) is 6. The Morgan fingerprint density at radius 3 is 2.62 bits per heavy atom. The Morgan fingerprint density at radius 2 is 1.88 bits per heavy atom. The van der Waals surface area contributed by atoms with Gasteiger partial charge in [0.2, 0.25) is 5.95 Å². The first-order valence-corrected chi connectivity index (χ1v) is 9.21. The van der Waals surface area contributed by atoms with Crippen molar-refractivity contribution in [2.45, 2.75) is 51.5 Å². The molecule has 0 spiro atoms. The second-order valence-corrected chi connectivity index (χ2v) is 6.75. The van der Waals surface area contributed by atoms with E-state index in [9.17, 15) is 4.79 Å². The molecule has 6 heteroatoms. The summed E-state index contributed by atoms with van der Waals surface area (Å²) in [4.78, 5) is 20.7. The topological polar surface area (TPSA) is 76.1 Å². The van der Waals surface area contributed by atoms with E-state index in [1.54, 1.807) is 18.2 Å². The SMILES string of the molecule is COC(=O)c1cccc(Nc2nc(C)cc(NC3CCCCCC3)n2)c1. The summed E-state index contributed by atoms with van der Waals surface area (Å²) in [5.74, 6) is 0.994. The molecule has 0 saturated heterocycles. The van der Waals surface area contributed by atoms with E-state index in [0.29, 0.717) is 17.6 Å². The van der Waals surface area contributed by atoms with Crippen LogP contribution in [-0.4, -0.2) is 29.1 Å². The molecular weight excluding hydrogens is 328 g/mol. The predicted octanol–water partition coefficient (Wildman–Crippen LogP) is 4.45. The number of esters is 1. The highest BCUT2D eigenvalue weighted by Gasteiger charge is 2.13. The fourth-order valence-corrected chi connectivity index (χ4v) is 3.30. The van der Waals surface area contributed by atoms with Crippen LogP contribution in [0.5, 0.6) is 0 Å². The van der Waals surface area contributed by atoms with Gasteiger partial charge in [-0.05, 0) is 38.0 Å². The first-order chi connectivity index (χ1) is 12.6. The molecule has 138 valence electrons. The minimum atomic E-state index is -0.366. The molecular formula is C20H26N4O2. The Kier molecular flexibility index (Phi) is 6.04. The number of aryl methyl sites for hydroxylation is 1. The van der Waals surface area contributed by atoms with Gasteiger partial charge in [-0.2, -0.15) is 4.98 Å². The molecule has 0 bridgehead atoms. The molecule has 1 aromatic heterocycles. The van der Waals surface area contributed by atoms with Crippen LogP contribution in [-0.2, 0) is 4.74 Å². The maximum absolute atomic E-state index is 11.7. The standard InChI is InChI=1S/C20H26N4O2/c1-14-12-18(22-16-9-5-3-4-6-10-16)24-20(21-14)23-17-11-7-8-15(13-17)19(25)26-2/h7-8,11-13,16H,3-6,9-10H2,1-2H3,(H2,21,22,23,24). The van der Waals surface area contributed by atoms with Crippen LogP contribution in [0.4, 0.5) is 17.5 Å². The van der Waals surface area contributed by atoms with Gasteiger partial charge in [0, 0.05) is 23.5 Å². The molecule has 3 rings (SSSR count). The number of aromatic nitrogens is 2. The smallest absolute Gasteiger partial charge is 0.337 e. The molecule has 1 saturated carbocycles. The fraction of sp³-hybridized carbons (Fsp3) is 0.450. The molecule has 1 aromatic carbocycles. The number of benzene rings is 1. The lowest BCUT2D eigenvalue weighted by molar-refractivity contribution is 0.0601. The quantitative estimate of drug-likeness (QED) is 0.610. The number of ether oxygens (including phenoxy) is 1. The molecule has 0 radical (unpaired) electrons. The van der Waals surface area contributed by atoms with E-state index in [-0.39, 0.29) is 5.97 Å². The maximum atomic E-state index is 11.7.